The highest BCUT2D eigenvalue weighted by Crippen LogP contribution is 2.27. The monoisotopic (exact) mass is 505 g/mol. The Morgan fingerprint density at radius 1 is 1.22 bits per heavy atom. The Morgan fingerprint density at radius 3 is 2.73 bits per heavy atom. The predicted molar refractivity (Wildman–Crippen MR) is 143 cm³/mol. The molecular weight excluding hydrogens is 472 g/mol. The van der Waals surface area contributed by atoms with E-state index in [2.05, 4.69) is 53.7 Å². The third-order valence-corrected chi connectivity index (χ3v) is 6.37. The summed E-state index contributed by atoms with van der Waals surface area (Å²) in [7, 11) is 0. The molecule has 0 aromatic carbocycles. The zero-order valence-electron chi connectivity index (χ0n) is 21.5. The normalized spacial score (nSPS) is 19.4. The molecule has 0 radical (unpaired) electrons. The number of rotatable bonds is 7. The van der Waals surface area contributed by atoms with Gasteiger partial charge in [-0.2, -0.15) is 0 Å². The van der Waals surface area contributed by atoms with Crippen LogP contribution in [0.2, 0.25) is 0 Å². The fourth-order valence-electron chi connectivity index (χ4n) is 4.20. The third kappa shape index (κ3) is 6.71. The van der Waals surface area contributed by atoms with E-state index in [1.54, 1.807) is 12.1 Å². The fourth-order valence-corrected chi connectivity index (χ4v) is 4.20. The van der Waals surface area contributed by atoms with Gasteiger partial charge >= 0.3 is 0 Å². The molecular formula is C29H33F2N5O. The maximum atomic E-state index is 13.8. The summed E-state index contributed by atoms with van der Waals surface area (Å²) in [6, 6.07) is 7.45. The summed E-state index contributed by atoms with van der Waals surface area (Å²) in [5.74, 6) is 0.519. The van der Waals surface area contributed by atoms with Gasteiger partial charge in [-0.1, -0.05) is 24.3 Å². The fraction of sp³-hybridized carbons (Fsp3) is 0.379. The molecule has 2 aliphatic rings. The minimum absolute atomic E-state index is 0.102. The zero-order chi connectivity index (χ0) is 26.6. The number of amides is 1. The highest BCUT2D eigenvalue weighted by molar-refractivity contribution is 5.96. The Morgan fingerprint density at radius 2 is 2.03 bits per heavy atom. The lowest BCUT2D eigenvalue weighted by atomic mass is 9.93. The first kappa shape index (κ1) is 26.3. The summed E-state index contributed by atoms with van der Waals surface area (Å²) in [4.78, 5) is 21.9. The number of pyridine rings is 1. The molecule has 1 amide bonds. The summed E-state index contributed by atoms with van der Waals surface area (Å²) >= 11 is 0. The topological polar surface area (TPSA) is 71.3 Å². The Balaban J connectivity index is 1.33. The van der Waals surface area contributed by atoms with E-state index in [1.807, 2.05) is 41.2 Å². The summed E-state index contributed by atoms with van der Waals surface area (Å²) in [5, 5.41) is 6.09. The standard InChI is InChI=1S/C29H33F2N5O/c1-5-21(17-32-28(37)20-13-14-36(18-20)29(2,3)4)34-27-12-11-26(35-27)25-8-6-7-22(33-25)15-19-9-10-23(30)24(31)16-19/h6-9,11,13-14,18,23-24H,1,10,12,15-17H2,2-4H3,(H,32,37)(H,34,35)/t23-,24+/m1/s1. The highest BCUT2D eigenvalue weighted by Gasteiger charge is 2.25. The van der Waals surface area contributed by atoms with Gasteiger partial charge in [0.05, 0.1) is 29.2 Å². The Kier molecular flexibility index (Phi) is 7.89. The summed E-state index contributed by atoms with van der Waals surface area (Å²) in [5.41, 5.74) is 7.03. The van der Waals surface area contributed by atoms with Gasteiger partial charge in [0.25, 0.3) is 5.91 Å². The SMILES string of the molecule is C=C=C(CNC(=O)c1ccn(C(C)(C)C)c1)NC1=NC(c2cccc(CC3=CC[C@@H](F)[C@@H](F)C3)n2)=CC1. The minimum Gasteiger partial charge on any atom is -0.348 e. The number of carbonyl (C=O) groups excluding carboxylic acids is 1. The lowest BCUT2D eigenvalue weighted by Gasteiger charge is -2.20. The van der Waals surface area contributed by atoms with E-state index in [1.165, 1.54) is 0 Å². The molecule has 0 saturated carbocycles. The van der Waals surface area contributed by atoms with Crippen LogP contribution in [0.1, 0.15) is 61.8 Å². The Bertz CT molecular complexity index is 1310. The molecule has 194 valence electrons. The molecule has 1 aliphatic heterocycles. The zero-order valence-corrected chi connectivity index (χ0v) is 21.5. The number of carbonyl (C=O) groups is 1. The van der Waals surface area contributed by atoms with Crippen LogP contribution in [-0.2, 0) is 12.0 Å². The Labute approximate surface area is 216 Å². The lowest BCUT2D eigenvalue weighted by Crippen LogP contribution is -2.32. The Hall–Kier alpha value is -3.77. The molecule has 6 nitrogen and oxygen atoms in total. The van der Waals surface area contributed by atoms with Gasteiger partial charge in [0, 0.05) is 42.9 Å². The van der Waals surface area contributed by atoms with Gasteiger partial charge in [-0.3, -0.25) is 9.78 Å². The van der Waals surface area contributed by atoms with Crippen LogP contribution in [0.15, 0.2) is 77.4 Å². The van der Waals surface area contributed by atoms with Crippen molar-refractivity contribution >= 4 is 17.4 Å². The van der Waals surface area contributed by atoms with E-state index in [4.69, 9.17) is 0 Å². The number of aromatic nitrogens is 2. The van der Waals surface area contributed by atoms with Crippen LogP contribution in [0.4, 0.5) is 8.78 Å². The van der Waals surface area contributed by atoms with Gasteiger partial charge < -0.3 is 15.2 Å². The van der Waals surface area contributed by atoms with Gasteiger partial charge in [-0.25, -0.2) is 13.8 Å². The van der Waals surface area contributed by atoms with Crippen molar-refractivity contribution in [1.82, 2.24) is 20.2 Å². The van der Waals surface area contributed by atoms with Crippen LogP contribution in [-0.4, -0.2) is 40.2 Å². The van der Waals surface area contributed by atoms with Crippen molar-refractivity contribution in [1.29, 1.82) is 0 Å². The largest absolute Gasteiger partial charge is 0.348 e. The van der Waals surface area contributed by atoms with Crippen LogP contribution < -0.4 is 10.6 Å². The van der Waals surface area contributed by atoms with Crippen LogP contribution in [0.3, 0.4) is 0 Å². The molecule has 37 heavy (non-hydrogen) atoms. The second-order valence-corrected chi connectivity index (χ2v) is 10.3. The van der Waals surface area contributed by atoms with Gasteiger partial charge in [0.1, 0.15) is 18.2 Å². The van der Waals surface area contributed by atoms with Crippen molar-refractivity contribution in [2.24, 2.45) is 4.99 Å². The quantitative estimate of drug-likeness (QED) is 0.391. The first-order valence-corrected chi connectivity index (χ1v) is 12.4. The molecule has 1 aliphatic carbocycles. The third-order valence-electron chi connectivity index (χ3n) is 6.37. The number of nitrogens with one attached hydrogen (secondary N) is 2. The van der Waals surface area contributed by atoms with Crippen molar-refractivity contribution < 1.29 is 13.6 Å². The maximum absolute atomic E-state index is 13.8. The minimum atomic E-state index is -1.44. The molecule has 0 unspecified atom stereocenters. The highest BCUT2D eigenvalue weighted by atomic mass is 19.2. The van der Waals surface area contributed by atoms with Gasteiger partial charge in [-0.05, 0) is 51.5 Å². The van der Waals surface area contributed by atoms with E-state index in [9.17, 15) is 13.6 Å². The molecule has 2 N–H and O–H groups in total. The van der Waals surface area contributed by atoms with Gasteiger partial charge in [0.15, 0.2) is 0 Å². The van der Waals surface area contributed by atoms with Gasteiger partial charge in [0.2, 0.25) is 0 Å². The molecule has 3 heterocycles. The van der Waals surface area contributed by atoms with E-state index >= 15 is 0 Å². The molecule has 2 aromatic heterocycles. The molecule has 0 bridgehead atoms. The number of alkyl halides is 2. The molecule has 8 heteroatoms. The number of amidine groups is 1. The van der Waals surface area contributed by atoms with E-state index in [0.717, 1.165) is 17.0 Å². The first-order chi connectivity index (χ1) is 17.6. The second kappa shape index (κ2) is 11.1. The maximum Gasteiger partial charge on any atom is 0.253 e. The second-order valence-electron chi connectivity index (χ2n) is 10.3. The van der Waals surface area contributed by atoms with Crippen molar-refractivity contribution in [2.45, 2.75) is 64.3 Å². The predicted octanol–water partition coefficient (Wildman–Crippen LogP) is 5.41. The van der Waals surface area contributed by atoms with Crippen molar-refractivity contribution in [3.63, 3.8) is 0 Å². The average molecular weight is 506 g/mol. The lowest BCUT2D eigenvalue weighted by molar-refractivity contribution is 0.0956. The number of aliphatic imine (C=N–C) groups is 1. The number of nitrogens with zero attached hydrogens (tertiary/aromatic N) is 3. The van der Waals surface area contributed by atoms with E-state index in [-0.39, 0.29) is 30.8 Å². The molecule has 2 aromatic rings. The van der Waals surface area contributed by atoms with E-state index < -0.39 is 12.3 Å². The average Bonchev–Trinajstić information content (AvgIpc) is 3.54. The van der Waals surface area contributed by atoms with Crippen LogP contribution >= 0.6 is 0 Å². The summed E-state index contributed by atoms with van der Waals surface area (Å²) in [6.07, 6.45) is 5.90. The van der Waals surface area contributed by atoms with Crippen LogP contribution in [0.5, 0.6) is 0 Å². The van der Waals surface area contributed by atoms with Crippen LogP contribution in [0, 0.1) is 0 Å². The van der Waals surface area contributed by atoms with Gasteiger partial charge in [-0.15, -0.1) is 5.73 Å². The van der Waals surface area contributed by atoms with Crippen molar-refractivity contribution in [2.75, 3.05) is 6.54 Å². The first-order valence-electron chi connectivity index (χ1n) is 12.4. The van der Waals surface area contributed by atoms with E-state index in [0.29, 0.717) is 35.6 Å². The summed E-state index contributed by atoms with van der Waals surface area (Å²) in [6.45, 7) is 10.2. The molecule has 0 fully saturated rings. The molecule has 2 atom stereocenters. The number of hydrogen-bond donors (Lipinski definition) is 2. The van der Waals surface area contributed by atoms with Crippen molar-refractivity contribution in [3.05, 3.63) is 89.3 Å². The number of allylic oxidation sites excluding steroid dienone is 2. The number of halogens is 2. The number of hydrogen-bond acceptors (Lipinski definition) is 4. The smallest absolute Gasteiger partial charge is 0.253 e. The molecule has 0 spiro atoms. The molecule has 4 rings (SSSR count). The van der Waals surface area contributed by atoms with Crippen LogP contribution in [0.25, 0.3) is 5.70 Å². The molecule has 0 saturated heterocycles. The summed E-state index contributed by atoms with van der Waals surface area (Å²) < 4.78 is 29.2. The van der Waals surface area contributed by atoms with Crippen molar-refractivity contribution in [3.8, 4) is 0 Å².